The highest BCUT2D eigenvalue weighted by Gasteiger charge is 2.42. The van der Waals surface area contributed by atoms with Gasteiger partial charge in [-0.15, -0.1) is 4.15 Å². The van der Waals surface area contributed by atoms with Crippen molar-refractivity contribution in [3.05, 3.63) is 121 Å². The number of rotatable bonds is 7. The number of nitrogens with zero attached hydrogens (tertiary/aromatic N) is 3. The summed E-state index contributed by atoms with van der Waals surface area (Å²) in [6.45, 7) is 5.88. The minimum absolute atomic E-state index is 0.208. The van der Waals surface area contributed by atoms with Gasteiger partial charge in [0.05, 0.1) is 14.3 Å². The zero-order valence-electron chi connectivity index (χ0n) is 23.0. The van der Waals surface area contributed by atoms with Gasteiger partial charge in [-0.05, 0) is 76.9 Å². The van der Waals surface area contributed by atoms with E-state index in [9.17, 15) is 18.5 Å². The fraction of sp³-hybridized carbons (Fsp3) is 0.172. The van der Waals surface area contributed by atoms with Crippen LogP contribution in [0.3, 0.4) is 0 Å². The minimum Gasteiger partial charge on any atom is -0.456 e. The predicted octanol–water partition coefficient (Wildman–Crippen LogP) is 8.50. The molecule has 42 heavy (non-hydrogen) atoms. The summed E-state index contributed by atoms with van der Waals surface area (Å²) in [6.07, 6.45) is 0. The molecule has 13 heteroatoms. The second-order valence-corrected chi connectivity index (χ2v) is 16.2. The first-order valence-corrected chi connectivity index (χ1v) is 17.4. The molecule has 3 aromatic carbocycles. The highest BCUT2D eigenvalue weighted by molar-refractivity contribution is 9.11. The Morgan fingerprint density at radius 2 is 1.74 bits per heavy atom. The maximum Gasteiger partial charge on any atom is 0.284 e. The minimum atomic E-state index is -4.43. The lowest BCUT2D eigenvalue weighted by atomic mass is 9.84. The number of hydrogen-bond acceptors (Lipinski definition) is 7. The van der Waals surface area contributed by atoms with Crippen LogP contribution in [0.2, 0.25) is 0 Å². The molecule has 0 aliphatic carbocycles. The van der Waals surface area contributed by atoms with Crippen LogP contribution in [0.1, 0.15) is 25.2 Å². The number of likely N-dealkylation sites (N-methyl/N-ethyl adjacent to an activating group) is 1. The number of furan rings is 1. The molecule has 1 aliphatic heterocycles. The molecule has 1 aromatic heterocycles. The van der Waals surface area contributed by atoms with E-state index in [0.717, 1.165) is 33.6 Å². The van der Waals surface area contributed by atoms with Crippen LogP contribution >= 0.6 is 39.1 Å². The van der Waals surface area contributed by atoms with Gasteiger partial charge in [0.25, 0.3) is 15.7 Å². The Balaban J connectivity index is 1.83. The van der Waals surface area contributed by atoms with Crippen molar-refractivity contribution in [3.8, 4) is 5.75 Å². The molecule has 1 unspecified atom stereocenters. The molecule has 0 saturated carbocycles. The number of sulfonamides is 1. The lowest BCUT2D eigenvalue weighted by Gasteiger charge is -2.28. The first-order chi connectivity index (χ1) is 19.7. The first kappa shape index (κ1) is 30.3. The van der Waals surface area contributed by atoms with E-state index in [1.54, 1.807) is 43.1 Å². The summed E-state index contributed by atoms with van der Waals surface area (Å²) in [5.74, 6) is 2.69. The van der Waals surface area contributed by atoms with Crippen molar-refractivity contribution in [2.75, 3.05) is 11.9 Å². The third-order valence-electron chi connectivity index (χ3n) is 6.99. The molecule has 4 aromatic rings. The van der Waals surface area contributed by atoms with E-state index in [1.807, 2.05) is 36.2 Å². The molecule has 0 spiro atoms. The first-order valence-electron chi connectivity index (χ1n) is 12.6. The molecule has 0 N–H and O–H groups in total. The fourth-order valence-electron chi connectivity index (χ4n) is 4.85. The van der Waals surface area contributed by atoms with E-state index < -0.39 is 27.6 Å². The number of nitro groups is 1. The number of nitro benzene ring substituents is 1. The molecule has 2 heterocycles. The van der Waals surface area contributed by atoms with Gasteiger partial charge in [-0.25, -0.2) is 0 Å². The third-order valence-corrected chi connectivity index (χ3v) is 12.7. The van der Waals surface area contributed by atoms with Crippen molar-refractivity contribution < 1.29 is 22.3 Å². The average Bonchev–Trinajstić information content (AvgIpc) is 3.46. The summed E-state index contributed by atoms with van der Waals surface area (Å²) in [5, 5.41) is 11.2. The lowest BCUT2D eigenvalue weighted by Crippen LogP contribution is -2.24. The quantitative estimate of drug-likeness (QED) is 0.106. The van der Waals surface area contributed by atoms with E-state index in [0.29, 0.717) is 16.0 Å². The van der Waals surface area contributed by atoms with Gasteiger partial charge >= 0.3 is 0 Å². The summed E-state index contributed by atoms with van der Waals surface area (Å²) in [7, 11) is -6.22. The predicted molar refractivity (Wildman–Crippen MR) is 171 cm³/mol. The van der Waals surface area contributed by atoms with Gasteiger partial charge in [-0.3, -0.25) is 10.1 Å². The number of fused-ring (bicyclic) bond motifs is 1. The molecule has 0 fully saturated rings. The molecule has 1 aliphatic rings. The maximum absolute atomic E-state index is 14.0. The van der Waals surface area contributed by atoms with Crippen LogP contribution in [0.15, 0.2) is 113 Å². The summed E-state index contributed by atoms with van der Waals surface area (Å²) in [5.41, 5.74) is 2.29. The zero-order chi connectivity index (χ0) is 30.4. The van der Waals surface area contributed by atoms with Crippen LogP contribution in [0, 0.1) is 17.0 Å². The van der Waals surface area contributed by atoms with Gasteiger partial charge in [-0.1, -0.05) is 48.0 Å². The van der Waals surface area contributed by atoms with Crippen LogP contribution in [0.5, 0.6) is 5.75 Å². The van der Waals surface area contributed by atoms with E-state index in [-0.39, 0.29) is 16.1 Å². The Morgan fingerprint density at radius 3 is 2.33 bits per heavy atom. The fourth-order valence-corrected chi connectivity index (χ4v) is 11.0. The zero-order valence-corrected chi connectivity index (χ0v) is 27.9. The summed E-state index contributed by atoms with van der Waals surface area (Å²) >= 11 is 6.99. The Kier molecular flexibility index (Phi) is 8.04. The highest BCUT2D eigenvalue weighted by atomic mass is 79.9. The van der Waals surface area contributed by atoms with Crippen LogP contribution in [-0.2, 0) is 15.4 Å². The van der Waals surface area contributed by atoms with Gasteiger partial charge in [0, 0.05) is 46.3 Å². The third kappa shape index (κ3) is 5.60. The van der Waals surface area contributed by atoms with Gasteiger partial charge < -0.3 is 13.8 Å². The molecule has 0 amide bonds. The molecular weight excluding hydrogens is 709 g/mol. The Labute approximate surface area is 260 Å². The van der Waals surface area contributed by atoms with Crippen molar-refractivity contribution in [2.45, 2.75) is 31.1 Å². The number of aryl methyl sites for hydroxylation is 1. The summed E-state index contributed by atoms with van der Waals surface area (Å²) < 4.78 is 46.6. The van der Waals surface area contributed by atoms with Crippen LogP contribution in [0.25, 0.3) is 0 Å². The molecule has 218 valence electrons. The van der Waals surface area contributed by atoms with E-state index >= 15 is 0 Å². The number of benzene rings is 3. The molecule has 0 bridgehead atoms. The van der Waals surface area contributed by atoms with Crippen LogP contribution in [-0.4, -0.2) is 20.4 Å². The van der Waals surface area contributed by atoms with Gasteiger partial charge in [0.1, 0.15) is 11.5 Å². The van der Waals surface area contributed by atoms with Crippen LogP contribution in [0.4, 0.5) is 11.4 Å². The normalized spacial score (nSPS) is 16.6. The van der Waals surface area contributed by atoms with E-state index in [2.05, 4.69) is 49.9 Å². The van der Waals surface area contributed by atoms with Crippen molar-refractivity contribution >= 4 is 66.0 Å². The SMILES string of the molecule is Cc1ccc(P(/C=C2/N(C)c3ccccc3C2(C)C)(=NS(=O)(=O)c2ccc([N+](=O)[O-])cc2)Oc2ccc(Br)cc2Br)o1. The number of para-hydroxylation sites is 1. The van der Waals surface area contributed by atoms with Crippen molar-refractivity contribution in [2.24, 2.45) is 4.15 Å². The van der Waals surface area contributed by atoms with Crippen LogP contribution < -0.4 is 14.9 Å². The van der Waals surface area contributed by atoms with Crippen molar-refractivity contribution in [1.29, 1.82) is 0 Å². The molecule has 0 radical (unpaired) electrons. The second-order valence-electron chi connectivity index (χ2n) is 10.2. The standard InChI is InChI=1S/C29H26Br2N3O6PS/c1-19-9-16-28(39-19)41(40-26-15-10-20(30)17-24(26)31,32-42(37,38)22-13-11-21(12-14-22)34(35)36)18-27-29(2,3)23-7-5-6-8-25(23)33(27)4/h5-18H,1-4H3/b27-18+. The number of allylic oxidation sites excluding steroid dienone is 1. The Bertz CT molecular complexity index is 1900. The maximum atomic E-state index is 14.0. The second kappa shape index (κ2) is 11.1. The number of non-ortho nitro benzene ring substituents is 1. The molecular formula is C29H26Br2N3O6PS. The topological polar surface area (TPSA) is 115 Å². The van der Waals surface area contributed by atoms with Crippen molar-refractivity contribution in [3.63, 3.8) is 0 Å². The van der Waals surface area contributed by atoms with Gasteiger partial charge in [0.2, 0.25) is 7.28 Å². The highest BCUT2D eigenvalue weighted by Crippen LogP contribution is 2.59. The van der Waals surface area contributed by atoms with E-state index in [1.165, 1.54) is 12.1 Å². The van der Waals surface area contributed by atoms with Crippen molar-refractivity contribution in [1.82, 2.24) is 0 Å². The number of anilines is 1. The number of halogens is 2. The monoisotopic (exact) mass is 733 g/mol. The summed E-state index contributed by atoms with van der Waals surface area (Å²) in [6, 6.07) is 21.3. The molecule has 5 rings (SSSR count). The molecule has 1 atom stereocenters. The van der Waals surface area contributed by atoms with Gasteiger partial charge in [-0.2, -0.15) is 8.42 Å². The number of hydrogen-bond donors (Lipinski definition) is 0. The lowest BCUT2D eigenvalue weighted by molar-refractivity contribution is -0.384. The smallest absolute Gasteiger partial charge is 0.284 e. The largest absolute Gasteiger partial charge is 0.456 e. The van der Waals surface area contributed by atoms with Gasteiger partial charge in [0.15, 0.2) is 5.50 Å². The molecule has 9 nitrogen and oxygen atoms in total. The Morgan fingerprint density at radius 1 is 1.05 bits per heavy atom. The molecule has 0 saturated heterocycles. The average molecular weight is 735 g/mol. The summed E-state index contributed by atoms with van der Waals surface area (Å²) in [4.78, 5) is 12.4. The van der Waals surface area contributed by atoms with E-state index in [4.69, 9.17) is 8.94 Å². The Hall–Kier alpha value is -3.18.